The van der Waals surface area contributed by atoms with E-state index in [0.717, 1.165) is 25.9 Å². The van der Waals surface area contributed by atoms with E-state index in [1.54, 1.807) is 19.9 Å². The summed E-state index contributed by atoms with van der Waals surface area (Å²) in [5.41, 5.74) is -0.344. The predicted octanol–water partition coefficient (Wildman–Crippen LogP) is 2.54. The molecular weight excluding hydrogens is 290 g/mol. The van der Waals surface area contributed by atoms with E-state index >= 15 is 0 Å². The highest BCUT2D eigenvalue weighted by Crippen LogP contribution is 2.22. The average Bonchev–Trinajstić information content (AvgIpc) is 2.45. The summed E-state index contributed by atoms with van der Waals surface area (Å²) in [6, 6.07) is 1.64. The largest absolute Gasteiger partial charge is 0.389 e. The molecule has 0 atom stereocenters. The lowest BCUT2D eigenvalue weighted by Crippen LogP contribution is -2.35. The van der Waals surface area contributed by atoms with Gasteiger partial charge in [0.25, 0.3) is 5.91 Å². The van der Waals surface area contributed by atoms with Gasteiger partial charge in [-0.15, -0.1) is 0 Å². The Morgan fingerprint density at radius 2 is 2.10 bits per heavy atom. The van der Waals surface area contributed by atoms with Crippen molar-refractivity contribution in [2.24, 2.45) is 0 Å². The van der Waals surface area contributed by atoms with Crippen LogP contribution in [-0.2, 0) is 0 Å². The Labute approximate surface area is 130 Å². The summed E-state index contributed by atoms with van der Waals surface area (Å²) in [7, 11) is 0. The van der Waals surface area contributed by atoms with Gasteiger partial charge in [0.1, 0.15) is 5.82 Å². The number of rotatable bonds is 4. The van der Waals surface area contributed by atoms with Gasteiger partial charge in [-0.25, -0.2) is 4.98 Å². The monoisotopic (exact) mass is 311 g/mol. The lowest BCUT2D eigenvalue weighted by Gasteiger charge is -2.26. The maximum Gasteiger partial charge on any atom is 0.255 e. The number of anilines is 1. The van der Waals surface area contributed by atoms with Crippen LogP contribution < -0.4 is 5.32 Å². The molecule has 2 N–H and O–H groups in total. The Bertz CT molecular complexity index is 508. The second kappa shape index (κ2) is 6.62. The fourth-order valence-corrected chi connectivity index (χ4v) is 2.50. The van der Waals surface area contributed by atoms with Gasteiger partial charge in [-0.1, -0.05) is 11.6 Å². The molecule has 1 aliphatic rings. The predicted molar refractivity (Wildman–Crippen MR) is 83.8 cm³/mol. The van der Waals surface area contributed by atoms with Gasteiger partial charge in [-0.05, 0) is 39.2 Å². The molecular formula is C15H22ClN3O2. The molecule has 1 fully saturated rings. The smallest absolute Gasteiger partial charge is 0.255 e. The summed E-state index contributed by atoms with van der Waals surface area (Å²) >= 11 is 6.16. The van der Waals surface area contributed by atoms with Crippen molar-refractivity contribution in [3.05, 3.63) is 22.8 Å². The SMILES string of the molecule is CC(C)(O)CNc1ncc(C(=O)N2CCCCC2)cc1Cl. The molecule has 2 heterocycles. The molecule has 6 heteroatoms. The summed E-state index contributed by atoms with van der Waals surface area (Å²) in [4.78, 5) is 18.4. The van der Waals surface area contributed by atoms with Crippen LogP contribution in [0.1, 0.15) is 43.5 Å². The summed E-state index contributed by atoms with van der Waals surface area (Å²) in [6.07, 6.45) is 4.83. The Kier molecular flexibility index (Phi) is 5.06. The minimum Gasteiger partial charge on any atom is -0.389 e. The fraction of sp³-hybridized carbons (Fsp3) is 0.600. The molecule has 1 aromatic rings. The molecule has 2 rings (SSSR count). The zero-order valence-electron chi connectivity index (χ0n) is 12.5. The van der Waals surface area contributed by atoms with Crippen molar-refractivity contribution in [2.45, 2.75) is 38.7 Å². The van der Waals surface area contributed by atoms with Gasteiger partial charge in [-0.3, -0.25) is 4.79 Å². The first-order chi connectivity index (χ1) is 9.87. The third-order valence-corrected chi connectivity index (χ3v) is 3.71. The number of aliphatic hydroxyl groups is 1. The van der Waals surface area contributed by atoms with Gasteiger partial charge < -0.3 is 15.3 Å². The van der Waals surface area contributed by atoms with Gasteiger partial charge in [0.15, 0.2) is 0 Å². The minimum atomic E-state index is -0.854. The van der Waals surface area contributed by atoms with Crippen LogP contribution >= 0.6 is 11.6 Å². The summed E-state index contributed by atoms with van der Waals surface area (Å²) in [5.74, 6) is 0.465. The summed E-state index contributed by atoms with van der Waals surface area (Å²) in [6.45, 7) is 5.33. The third kappa shape index (κ3) is 4.58. The zero-order chi connectivity index (χ0) is 15.5. The van der Waals surface area contributed by atoms with Gasteiger partial charge in [0, 0.05) is 25.8 Å². The van der Waals surface area contributed by atoms with E-state index in [-0.39, 0.29) is 5.91 Å². The van der Waals surface area contributed by atoms with E-state index in [1.807, 2.05) is 4.90 Å². The molecule has 0 spiro atoms. The van der Waals surface area contributed by atoms with Gasteiger partial charge in [-0.2, -0.15) is 0 Å². The van der Waals surface area contributed by atoms with Gasteiger partial charge in [0.05, 0.1) is 16.2 Å². The Hall–Kier alpha value is -1.33. The highest BCUT2D eigenvalue weighted by molar-refractivity contribution is 6.33. The number of pyridine rings is 1. The number of amides is 1. The number of piperidine rings is 1. The average molecular weight is 312 g/mol. The molecule has 116 valence electrons. The lowest BCUT2D eigenvalue weighted by molar-refractivity contribution is 0.0723. The Morgan fingerprint density at radius 1 is 1.43 bits per heavy atom. The van der Waals surface area contributed by atoms with E-state index in [1.165, 1.54) is 12.6 Å². The first-order valence-electron chi connectivity index (χ1n) is 7.28. The second-order valence-corrected chi connectivity index (χ2v) is 6.48. The number of carbonyl (C=O) groups is 1. The number of nitrogens with zero attached hydrogens (tertiary/aromatic N) is 2. The van der Waals surface area contributed by atoms with Crippen molar-refractivity contribution in [2.75, 3.05) is 25.0 Å². The quantitative estimate of drug-likeness (QED) is 0.897. The Morgan fingerprint density at radius 3 is 2.67 bits per heavy atom. The number of halogens is 1. The standard InChI is InChI=1S/C15H22ClN3O2/c1-15(2,21)10-18-13-12(16)8-11(9-17-13)14(20)19-6-4-3-5-7-19/h8-9,21H,3-7,10H2,1-2H3,(H,17,18). The molecule has 5 nitrogen and oxygen atoms in total. The number of likely N-dealkylation sites (tertiary alicyclic amines) is 1. The van der Waals surface area contributed by atoms with E-state index in [0.29, 0.717) is 22.9 Å². The van der Waals surface area contributed by atoms with Crippen molar-refractivity contribution in [1.29, 1.82) is 0 Å². The normalized spacial score (nSPS) is 15.9. The van der Waals surface area contributed by atoms with Crippen LogP contribution in [-0.4, -0.2) is 46.1 Å². The number of aromatic nitrogens is 1. The first kappa shape index (κ1) is 16.0. The van der Waals surface area contributed by atoms with E-state index < -0.39 is 5.60 Å². The van der Waals surface area contributed by atoms with Crippen molar-refractivity contribution >= 4 is 23.3 Å². The minimum absolute atomic E-state index is 0.0156. The van der Waals surface area contributed by atoms with Crippen LogP contribution in [0.4, 0.5) is 5.82 Å². The molecule has 0 saturated carbocycles. The zero-order valence-corrected chi connectivity index (χ0v) is 13.3. The molecule has 0 aliphatic carbocycles. The molecule has 0 radical (unpaired) electrons. The summed E-state index contributed by atoms with van der Waals surface area (Å²) < 4.78 is 0. The van der Waals surface area contributed by atoms with Crippen LogP contribution in [0.3, 0.4) is 0 Å². The molecule has 0 unspecified atom stereocenters. The van der Waals surface area contributed by atoms with E-state index in [4.69, 9.17) is 11.6 Å². The number of hydrogen-bond acceptors (Lipinski definition) is 4. The highest BCUT2D eigenvalue weighted by Gasteiger charge is 2.20. The maximum absolute atomic E-state index is 12.3. The van der Waals surface area contributed by atoms with E-state index in [2.05, 4.69) is 10.3 Å². The molecule has 0 bridgehead atoms. The van der Waals surface area contributed by atoms with Gasteiger partial charge in [0.2, 0.25) is 0 Å². The second-order valence-electron chi connectivity index (χ2n) is 6.07. The Balaban J connectivity index is 2.05. The van der Waals surface area contributed by atoms with Crippen LogP contribution in [0.2, 0.25) is 5.02 Å². The topological polar surface area (TPSA) is 65.5 Å². The fourth-order valence-electron chi connectivity index (χ4n) is 2.26. The molecule has 1 aromatic heterocycles. The van der Waals surface area contributed by atoms with Crippen molar-refractivity contribution in [1.82, 2.24) is 9.88 Å². The molecule has 1 saturated heterocycles. The van der Waals surface area contributed by atoms with Crippen LogP contribution in [0.5, 0.6) is 0 Å². The number of hydrogen-bond donors (Lipinski definition) is 2. The molecule has 1 aliphatic heterocycles. The van der Waals surface area contributed by atoms with Crippen molar-refractivity contribution < 1.29 is 9.90 Å². The van der Waals surface area contributed by atoms with E-state index in [9.17, 15) is 9.90 Å². The van der Waals surface area contributed by atoms with Crippen LogP contribution in [0.25, 0.3) is 0 Å². The molecule has 1 amide bonds. The number of nitrogens with one attached hydrogen (secondary N) is 1. The lowest BCUT2D eigenvalue weighted by atomic mass is 10.1. The third-order valence-electron chi connectivity index (χ3n) is 3.42. The highest BCUT2D eigenvalue weighted by atomic mass is 35.5. The summed E-state index contributed by atoms with van der Waals surface area (Å²) in [5, 5.41) is 13.1. The molecule has 0 aromatic carbocycles. The molecule has 21 heavy (non-hydrogen) atoms. The van der Waals surface area contributed by atoms with Crippen molar-refractivity contribution in [3.8, 4) is 0 Å². The van der Waals surface area contributed by atoms with Crippen LogP contribution in [0.15, 0.2) is 12.3 Å². The maximum atomic E-state index is 12.3. The first-order valence-corrected chi connectivity index (χ1v) is 7.66. The number of carbonyl (C=O) groups excluding carboxylic acids is 1. The van der Waals surface area contributed by atoms with Crippen LogP contribution in [0, 0.1) is 0 Å². The van der Waals surface area contributed by atoms with Gasteiger partial charge >= 0.3 is 0 Å². The van der Waals surface area contributed by atoms with Crippen molar-refractivity contribution in [3.63, 3.8) is 0 Å².